The molecule has 0 heterocycles. The van der Waals surface area contributed by atoms with Gasteiger partial charge in [-0.1, -0.05) is 56.7 Å². The van der Waals surface area contributed by atoms with E-state index in [4.69, 9.17) is 28.4 Å². The molecule has 0 unspecified atom stereocenters. The predicted octanol–water partition coefficient (Wildman–Crippen LogP) is 5.97. The van der Waals surface area contributed by atoms with Crippen LogP contribution in [-0.2, 0) is 34.0 Å². The van der Waals surface area contributed by atoms with Gasteiger partial charge in [0.15, 0.2) is 0 Å². The van der Waals surface area contributed by atoms with E-state index in [0.29, 0.717) is 50.8 Å². The average Bonchev–Trinajstić information content (AvgIpc) is 3.00. The van der Waals surface area contributed by atoms with Crippen LogP contribution in [0.1, 0.15) is 57.1 Å². The zero-order valence-corrected chi connectivity index (χ0v) is 25.0. The van der Waals surface area contributed by atoms with Gasteiger partial charge in [0.1, 0.15) is 37.9 Å². The first-order valence-electron chi connectivity index (χ1n) is 14.6. The molecule has 1 aliphatic rings. The number of hydrogen-bond acceptors (Lipinski definition) is 8. The van der Waals surface area contributed by atoms with E-state index >= 15 is 0 Å². The van der Waals surface area contributed by atoms with Gasteiger partial charge in [0.25, 0.3) is 0 Å². The first-order valence-corrected chi connectivity index (χ1v) is 14.6. The Morgan fingerprint density at radius 3 is 1.36 bits per heavy atom. The molecule has 3 rings (SSSR count). The van der Waals surface area contributed by atoms with Gasteiger partial charge in [-0.25, -0.2) is 9.59 Å². The average molecular weight is 581 g/mol. The van der Waals surface area contributed by atoms with Gasteiger partial charge in [-0.05, 0) is 62.1 Å². The third-order valence-corrected chi connectivity index (χ3v) is 7.13. The largest absolute Gasteiger partial charge is 0.491 e. The van der Waals surface area contributed by atoms with Crippen LogP contribution in [0, 0.1) is 0 Å². The lowest BCUT2D eigenvalue weighted by atomic mass is 9.65. The van der Waals surface area contributed by atoms with Crippen molar-refractivity contribution in [2.45, 2.75) is 51.4 Å². The Morgan fingerprint density at radius 1 is 0.595 bits per heavy atom. The Bertz CT molecular complexity index is 1060. The SMILES string of the molecule is C=C(C)C(=O)OCCOCCOc1ccc(C2(c3ccc(OCCOCCOC(=O)C(=C)C)cc3)CCCCC2)cc1. The second-order valence-corrected chi connectivity index (χ2v) is 10.4. The summed E-state index contributed by atoms with van der Waals surface area (Å²) in [5.41, 5.74) is 3.29. The maximum absolute atomic E-state index is 11.4. The van der Waals surface area contributed by atoms with E-state index < -0.39 is 11.9 Å². The molecule has 1 fully saturated rings. The van der Waals surface area contributed by atoms with Gasteiger partial charge < -0.3 is 28.4 Å². The standard InChI is InChI=1S/C34H44O8/c1-26(2)32(35)41-24-20-37-18-22-39-30-12-8-28(9-13-30)34(16-6-5-7-17-34)29-10-14-31(15-11-29)40-23-19-38-21-25-42-33(36)27(3)4/h8-15H,1,3,5-7,16-25H2,2,4H3. The quantitative estimate of drug-likeness (QED) is 0.121. The highest BCUT2D eigenvalue weighted by Crippen LogP contribution is 2.45. The summed E-state index contributed by atoms with van der Waals surface area (Å²) in [5.74, 6) is 0.770. The number of carbonyl (C=O) groups is 2. The molecule has 8 nitrogen and oxygen atoms in total. The summed E-state index contributed by atoms with van der Waals surface area (Å²) in [6.07, 6.45) is 5.83. The van der Waals surface area contributed by atoms with Crippen LogP contribution < -0.4 is 9.47 Å². The third-order valence-electron chi connectivity index (χ3n) is 7.13. The second kappa shape index (κ2) is 17.4. The zero-order valence-electron chi connectivity index (χ0n) is 25.0. The van der Waals surface area contributed by atoms with Crippen molar-refractivity contribution in [3.05, 3.63) is 84.0 Å². The molecule has 0 aliphatic heterocycles. The molecule has 1 aliphatic carbocycles. The van der Waals surface area contributed by atoms with Gasteiger partial charge in [-0.2, -0.15) is 0 Å². The van der Waals surface area contributed by atoms with E-state index in [1.54, 1.807) is 13.8 Å². The molecule has 0 atom stereocenters. The van der Waals surface area contributed by atoms with Crippen LogP contribution in [0.2, 0.25) is 0 Å². The van der Waals surface area contributed by atoms with Crippen molar-refractivity contribution in [1.29, 1.82) is 0 Å². The smallest absolute Gasteiger partial charge is 0.333 e. The molecule has 0 aromatic heterocycles. The molecule has 1 saturated carbocycles. The summed E-state index contributed by atoms with van der Waals surface area (Å²) in [5, 5.41) is 0. The number of benzene rings is 2. The van der Waals surface area contributed by atoms with Gasteiger partial charge in [0.05, 0.1) is 26.4 Å². The fourth-order valence-corrected chi connectivity index (χ4v) is 4.91. The van der Waals surface area contributed by atoms with Crippen molar-refractivity contribution >= 4 is 11.9 Å². The topological polar surface area (TPSA) is 89.5 Å². The number of carbonyl (C=O) groups excluding carboxylic acids is 2. The first kappa shape index (κ1) is 32.9. The lowest BCUT2D eigenvalue weighted by molar-refractivity contribution is -0.141. The Morgan fingerprint density at radius 2 is 0.976 bits per heavy atom. The van der Waals surface area contributed by atoms with Crippen molar-refractivity contribution < 1.29 is 38.0 Å². The molecule has 0 radical (unpaired) electrons. The minimum absolute atomic E-state index is 0.0377. The first-order chi connectivity index (χ1) is 20.3. The molecule has 0 bridgehead atoms. The van der Waals surface area contributed by atoms with Crippen molar-refractivity contribution in [2.24, 2.45) is 0 Å². The van der Waals surface area contributed by atoms with Gasteiger partial charge in [0, 0.05) is 16.6 Å². The maximum atomic E-state index is 11.4. The number of ether oxygens (including phenoxy) is 6. The van der Waals surface area contributed by atoms with E-state index in [2.05, 4.69) is 37.4 Å². The lowest BCUT2D eigenvalue weighted by Crippen LogP contribution is -2.30. The van der Waals surface area contributed by atoms with Gasteiger partial charge in [0.2, 0.25) is 0 Å². The Balaban J connectivity index is 1.46. The maximum Gasteiger partial charge on any atom is 0.333 e. The highest BCUT2D eigenvalue weighted by molar-refractivity contribution is 5.87. The fraction of sp³-hybridized carbons (Fsp3) is 0.471. The number of rotatable bonds is 18. The fourth-order valence-electron chi connectivity index (χ4n) is 4.91. The summed E-state index contributed by atoms with van der Waals surface area (Å²) < 4.78 is 32.7. The van der Waals surface area contributed by atoms with Crippen molar-refractivity contribution in [1.82, 2.24) is 0 Å². The molecule has 0 saturated heterocycles. The Kier molecular flexibility index (Phi) is 13.6. The zero-order chi connectivity index (χ0) is 30.2. The summed E-state index contributed by atoms with van der Waals surface area (Å²) in [4.78, 5) is 22.7. The highest BCUT2D eigenvalue weighted by atomic mass is 16.6. The molecule has 42 heavy (non-hydrogen) atoms. The summed E-state index contributed by atoms with van der Waals surface area (Å²) in [7, 11) is 0. The molecule has 228 valence electrons. The van der Waals surface area contributed by atoms with Crippen molar-refractivity contribution in [2.75, 3.05) is 52.9 Å². The van der Waals surface area contributed by atoms with Gasteiger partial charge in [-0.3, -0.25) is 0 Å². The molecule has 0 spiro atoms. The van der Waals surface area contributed by atoms with E-state index in [9.17, 15) is 9.59 Å². The monoisotopic (exact) mass is 580 g/mol. The molecular weight excluding hydrogens is 536 g/mol. The Labute approximate surface area is 249 Å². The molecule has 8 heteroatoms. The Hall–Kier alpha value is -3.62. The van der Waals surface area contributed by atoms with Gasteiger partial charge >= 0.3 is 11.9 Å². The molecule has 0 N–H and O–H groups in total. The van der Waals surface area contributed by atoms with Crippen LogP contribution in [0.5, 0.6) is 11.5 Å². The van der Waals surface area contributed by atoms with Gasteiger partial charge in [-0.15, -0.1) is 0 Å². The third kappa shape index (κ3) is 10.3. The minimum atomic E-state index is -0.408. The second-order valence-electron chi connectivity index (χ2n) is 10.4. The van der Waals surface area contributed by atoms with Crippen molar-refractivity contribution in [3.8, 4) is 11.5 Å². The van der Waals surface area contributed by atoms with E-state index in [0.717, 1.165) is 24.3 Å². The molecule has 0 amide bonds. The lowest BCUT2D eigenvalue weighted by Gasteiger charge is -2.38. The van der Waals surface area contributed by atoms with Crippen molar-refractivity contribution in [3.63, 3.8) is 0 Å². The van der Waals surface area contributed by atoms with E-state index in [-0.39, 0.29) is 18.6 Å². The number of esters is 2. The summed E-state index contributed by atoms with van der Waals surface area (Å²) >= 11 is 0. The van der Waals surface area contributed by atoms with Crippen LogP contribution >= 0.6 is 0 Å². The minimum Gasteiger partial charge on any atom is -0.491 e. The molecular formula is C34H44O8. The molecule has 2 aromatic rings. The highest BCUT2D eigenvalue weighted by Gasteiger charge is 2.35. The normalized spacial score (nSPS) is 14.0. The van der Waals surface area contributed by atoms with E-state index in [1.807, 2.05) is 24.3 Å². The predicted molar refractivity (Wildman–Crippen MR) is 161 cm³/mol. The van der Waals surface area contributed by atoms with Crippen LogP contribution in [-0.4, -0.2) is 64.8 Å². The van der Waals surface area contributed by atoms with Crippen LogP contribution in [0.15, 0.2) is 72.8 Å². The number of hydrogen-bond donors (Lipinski definition) is 0. The molecule has 2 aromatic carbocycles. The summed E-state index contributed by atoms with van der Waals surface area (Å²) in [6.45, 7) is 13.0. The van der Waals surface area contributed by atoms with Crippen LogP contribution in [0.25, 0.3) is 0 Å². The van der Waals surface area contributed by atoms with E-state index in [1.165, 1.54) is 30.4 Å². The van der Waals surface area contributed by atoms with Crippen LogP contribution in [0.3, 0.4) is 0 Å². The van der Waals surface area contributed by atoms with Crippen LogP contribution in [0.4, 0.5) is 0 Å². The summed E-state index contributed by atoms with van der Waals surface area (Å²) in [6, 6.07) is 16.8.